The summed E-state index contributed by atoms with van der Waals surface area (Å²) < 4.78 is 25.6. The van der Waals surface area contributed by atoms with Crippen molar-refractivity contribution in [2.45, 2.75) is 13.0 Å². The Morgan fingerprint density at radius 3 is 2.58 bits per heavy atom. The Balaban J connectivity index is 3.04. The van der Waals surface area contributed by atoms with Gasteiger partial charge in [-0.2, -0.15) is 0 Å². The molecule has 1 N–H and O–H groups in total. The molecule has 0 aliphatic carbocycles. The van der Waals surface area contributed by atoms with Crippen LogP contribution in [0.1, 0.15) is 18.5 Å². The fraction of sp³-hybridized carbons (Fsp3) is 0.333. The quantitative estimate of drug-likeness (QED) is 0.719. The zero-order valence-electron chi connectivity index (χ0n) is 7.07. The van der Waals surface area contributed by atoms with E-state index in [4.69, 9.17) is 0 Å². The van der Waals surface area contributed by atoms with E-state index < -0.39 is 5.82 Å². The molecule has 0 amide bonds. The van der Waals surface area contributed by atoms with Crippen LogP contribution in [0.2, 0.25) is 0 Å². The summed E-state index contributed by atoms with van der Waals surface area (Å²) in [6, 6.07) is 3.29. The van der Waals surface area contributed by atoms with Gasteiger partial charge in [0.1, 0.15) is 11.6 Å². The Kier molecular flexibility index (Phi) is 2.76. The van der Waals surface area contributed by atoms with E-state index in [1.165, 1.54) is 6.07 Å². The normalized spacial score (nSPS) is 13.0. The maximum Gasteiger partial charge on any atom is 0.128 e. The monoisotopic (exact) mass is 171 g/mol. The molecule has 0 unspecified atom stereocenters. The molecule has 1 aromatic carbocycles. The molecule has 0 saturated carbocycles. The van der Waals surface area contributed by atoms with Crippen LogP contribution in [0.5, 0.6) is 0 Å². The van der Waals surface area contributed by atoms with Crippen LogP contribution in [0.3, 0.4) is 0 Å². The number of nitrogens with one attached hydrogen (secondary N) is 1. The van der Waals surface area contributed by atoms with Crippen molar-refractivity contribution in [3.8, 4) is 0 Å². The van der Waals surface area contributed by atoms with Gasteiger partial charge in [0, 0.05) is 11.6 Å². The Hall–Kier alpha value is -0.960. The lowest BCUT2D eigenvalue weighted by Crippen LogP contribution is -2.14. The topological polar surface area (TPSA) is 12.0 Å². The third-order valence-corrected chi connectivity index (χ3v) is 1.86. The number of benzene rings is 1. The lowest BCUT2D eigenvalue weighted by molar-refractivity contribution is 0.546. The summed E-state index contributed by atoms with van der Waals surface area (Å²) in [5, 5.41) is 2.84. The highest BCUT2D eigenvalue weighted by Gasteiger charge is 2.09. The molecule has 1 atom stereocenters. The van der Waals surface area contributed by atoms with Gasteiger partial charge in [-0.3, -0.25) is 0 Å². The highest BCUT2D eigenvalue weighted by molar-refractivity contribution is 5.21. The smallest absolute Gasteiger partial charge is 0.128 e. The molecule has 0 aliphatic heterocycles. The predicted molar refractivity (Wildman–Crippen MR) is 43.8 cm³/mol. The zero-order valence-corrected chi connectivity index (χ0v) is 7.07. The first-order chi connectivity index (χ1) is 5.65. The van der Waals surface area contributed by atoms with Gasteiger partial charge in [-0.1, -0.05) is 0 Å². The Bertz CT molecular complexity index is 273. The second kappa shape index (κ2) is 3.63. The lowest BCUT2D eigenvalue weighted by atomic mass is 10.1. The molecule has 0 radical (unpaired) electrons. The maximum atomic E-state index is 13.0. The van der Waals surface area contributed by atoms with Crippen molar-refractivity contribution >= 4 is 0 Å². The minimum Gasteiger partial charge on any atom is -0.313 e. The second-order valence-corrected chi connectivity index (χ2v) is 2.68. The van der Waals surface area contributed by atoms with Crippen molar-refractivity contribution < 1.29 is 8.78 Å². The highest BCUT2D eigenvalue weighted by atomic mass is 19.1. The summed E-state index contributed by atoms with van der Waals surface area (Å²) in [6.07, 6.45) is 0. The largest absolute Gasteiger partial charge is 0.313 e. The number of hydrogen-bond acceptors (Lipinski definition) is 1. The Labute approximate surface area is 70.4 Å². The average molecular weight is 171 g/mol. The maximum absolute atomic E-state index is 13.0. The third-order valence-electron chi connectivity index (χ3n) is 1.86. The van der Waals surface area contributed by atoms with Gasteiger partial charge < -0.3 is 5.32 Å². The Morgan fingerprint density at radius 1 is 1.33 bits per heavy atom. The predicted octanol–water partition coefficient (Wildman–Crippen LogP) is 2.25. The fourth-order valence-corrected chi connectivity index (χ4v) is 1.00. The molecule has 0 heterocycles. The zero-order chi connectivity index (χ0) is 9.14. The summed E-state index contributed by atoms with van der Waals surface area (Å²) >= 11 is 0. The molecule has 12 heavy (non-hydrogen) atoms. The first-order valence-electron chi connectivity index (χ1n) is 3.77. The average Bonchev–Trinajstić information content (AvgIpc) is 2.08. The van der Waals surface area contributed by atoms with Gasteiger partial charge in [-0.05, 0) is 32.2 Å². The van der Waals surface area contributed by atoms with Crippen molar-refractivity contribution in [2.75, 3.05) is 7.05 Å². The van der Waals surface area contributed by atoms with E-state index in [2.05, 4.69) is 5.32 Å². The van der Waals surface area contributed by atoms with Crippen molar-refractivity contribution in [3.63, 3.8) is 0 Å². The standard InChI is InChI=1S/C9H11F2N/c1-6(12-2)8-5-7(10)3-4-9(8)11/h3-6,12H,1-2H3/t6-/m0/s1. The van der Waals surface area contributed by atoms with Crippen LogP contribution in [0.4, 0.5) is 8.78 Å². The van der Waals surface area contributed by atoms with Crippen molar-refractivity contribution in [1.82, 2.24) is 5.32 Å². The lowest BCUT2D eigenvalue weighted by Gasteiger charge is -2.10. The summed E-state index contributed by atoms with van der Waals surface area (Å²) in [7, 11) is 1.70. The van der Waals surface area contributed by atoms with E-state index >= 15 is 0 Å². The molecule has 0 aromatic heterocycles. The highest BCUT2D eigenvalue weighted by Crippen LogP contribution is 2.16. The van der Waals surface area contributed by atoms with Gasteiger partial charge in [0.05, 0.1) is 0 Å². The number of hydrogen-bond donors (Lipinski definition) is 1. The van der Waals surface area contributed by atoms with E-state index in [1.54, 1.807) is 14.0 Å². The van der Waals surface area contributed by atoms with Crippen LogP contribution < -0.4 is 5.32 Å². The van der Waals surface area contributed by atoms with Gasteiger partial charge >= 0.3 is 0 Å². The first kappa shape index (κ1) is 9.13. The Morgan fingerprint density at radius 2 is 2.00 bits per heavy atom. The van der Waals surface area contributed by atoms with E-state index in [0.29, 0.717) is 5.56 Å². The molecule has 0 fully saturated rings. The molecule has 66 valence electrons. The molecule has 0 bridgehead atoms. The van der Waals surface area contributed by atoms with Gasteiger partial charge in [-0.25, -0.2) is 8.78 Å². The molecule has 0 aliphatic rings. The molecular formula is C9H11F2N. The van der Waals surface area contributed by atoms with E-state index in [9.17, 15) is 8.78 Å². The minimum absolute atomic E-state index is 0.166. The van der Waals surface area contributed by atoms with Crippen molar-refractivity contribution in [2.24, 2.45) is 0 Å². The van der Waals surface area contributed by atoms with Crippen LogP contribution in [0.25, 0.3) is 0 Å². The first-order valence-corrected chi connectivity index (χ1v) is 3.77. The van der Waals surface area contributed by atoms with Gasteiger partial charge in [0.2, 0.25) is 0 Å². The van der Waals surface area contributed by atoms with Crippen LogP contribution in [0, 0.1) is 11.6 Å². The van der Waals surface area contributed by atoms with Crippen LogP contribution in [-0.2, 0) is 0 Å². The fourth-order valence-electron chi connectivity index (χ4n) is 1.00. The molecule has 3 heteroatoms. The summed E-state index contributed by atoms with van der Waals surface area (Å²) in [5.74, 6) is -0.785. The minimum atomic E-state index is -0.409. The van der Waals surface area contributed by atoms with Crippen molar-refractivity contribution in [3.05, 3.63) is 35.4 Å². The summed E-state index contributed by atoms with van der Waals surface area (Å²) in [4.78, 5) is 0. The number of halogens is 2. The molecule has 1 aromatic rings. The summed E-state index contributed by atoms with van der Waals surface area (Å²) in [6.45, 7) is 1.78. The van der Waals surface area contributed by atoms with Crippen LogP contribution in [-0.4, -0.2) is 7.05 Å². The molecule has 1 rings (SSSR count). The molecule has 1 nitrogen and oxygen atoms in total. The second-order valence-electron chi connectivity index (χ2n) is 2.68. The molecule has 0 spiro atoms. The van der Waals surface area contributed by atoms with E-state index in [-0.39, 0.29) is 11.9 Å². The summed E-state index contributed by atoms with van der Waals surface area (Å²) in [5.41, 5.74) is 0.359. The molecule has 0 saturated heterocycles. The van der Waals surface area contributed by atoms with Crippen LogP contribution in [0.15, 0.2) is 18.2 Å². The number of rotatable bonds is 2. The van der Waals surface area contributed by atoms with E-state index in [1.807, 2.05) is 0 Å². The van der Waals surface area contributed by atoms with Gasteiger partial charge in [-0.15, -0.1) is 0 Å². The van der Waals surface area contributed by atoms with Gasteiger partial charge in [0.15, 0.2) is 0 Å². The molecular weight excluding hydrogens is 160 g/mol. The third kappa shape index (κ3) is 1.80. The van der Waals surface area contributed by atoms with Crippen LogP contribution >= 0.6 is 0 Å². The van der Waals surface area contributed by atoms with E-state index in [0.717, 1.165) is 12.1 Å². The SMILES string of the molecule is CN[C@@H](C)c1cc(F)ccc1F. The van der Waals surface area contributed by atoms with Gasteiger partial charge in [0.25, 0.3) is 0 Å². The van der Waals surface area contributed by atoms with Crippen molar-refractivity contribution in [1.29, 1.82) is 0 Å².